The van der Waals surface area contributed by atoms with Crippen molar-refractivity contribution in [1.82, 2.24) is 0 Å². The van der Waals surface area contributed by atoms with Crippen LogP contribution in [0.4, 0.5) is 8.78 Å². The normalized spacial score (nSPS) is 34.9. The summed E-state index contributed by atoms with van der Waals surface area (Å²) in [5.74, 6) is 4.70. The lowest BCUT2D eigenvalue weighted by Crippen LogP contribution is -2.32. The van der Waals surface area contributed by atoms with Gasteiger partial charge in [0.2, 0.25) is 11.6 Å². The summed E-state index contributed by atoms with van der Waals surface area (Å²) in [7, 11) is 0. The quantitative estimate of drug-likeness (QED) is 0.267. The van der Waals surface area contributed by atoms with E-state index >= 15 is 0 Å². The molecule has 4 heteroatoms. The van der Waals surface area contributed by atoms with Gasteiger partial charge in [-0.2, -0.15) is 8.78 Å². The molecule has 0 N–H and O–H groups in total. The lowest BCUT2D eigenvalue weighted by atomic mass is 9.64. The smallest absolute Gasteiger partial charge is 0.204 e. The van der Waals surface area contributed by atoms with Crippen LogP contribution in [-0.2, 0) is 0 Å². The molecular formula is C36H54F2O2. The molecule has 0 spiro atoms. The second-order valence-corrected chi connectivity index (χ2v) is 13.8. The highest BCUT2D eigenvalue weighted by Crippen LogP contribution is 2.46. The molecule has 40 heavy (non-hydrogen) atoms. The molecule has 4 fully saturated rings. The first-order valence-electron chi connectivity index (χ1n) is 17.0. The fourth-order valence-electron chi connectivity index (χ4n) is 8.93. The van der Waals surface area contributed by atoms with E-state index in [-0.39, 0.29) is 11.5 Å². The zero-order valence-corrected chi connectivity index (χ0v) is 25.2. The van der Waals surface area contributed by atoms with Gasteiger partial charge in [-0.25, -0.2) is 0 Å². The van der Waals surface area contributed by atoms with Gasteiger partial charge < -0.3 is 9.47 Å². The molecule has 0 radical (unpaired) electrons. The third-order valence-corrected chi connectivity index (χ3v) is 11.3. The van der Waals surface area contributed by atoms with Crippen molar-refractivity contribution in [3.8, 4) is 11.5 Å². The number of halogens is 2. The molecule has 0 bridgehead atoms. The van der Waals surface area contributed by atoms with Gasteiger partial charge in [-0.05, 0) is 143 Å². The summed E-state index contributed by atoms with van der Waals surface area (Å²) in [5, 5.41) is 0. The van der Waals surface area contributed by atoms with Gasteiger partial charge in [0.15, 0.2) is 11.5 Å². The van der Waals surface area contributed by atoms with Crippen molar-refractivity contribution in [2.75, 3.05) is 13.2 Å². The minimum Gasteiger partial charge on any atom is -0.491 e. The predicted octanol–water partition coefficient (Wildman–Crippen LogP) is 10.5. The van der Waals surface area contributed by atoms with Crippen LogP contribution in [0.25, 0.3) is 0 Å². The van der Waals surface area contributed by atoms with E-state index in [9.17, 15) is 8.78 Å². The number of hydrogen-bond acceptors (Lipinski definition) is 2. The molecule has 4 atom stereocenters. The fraction of sp³-hybridized carbons (Fsp3) is 0.778. The van der Waals surface area contributed by atoms with Crippen molar-refractivity contribution in [3.63, 3.8) is 0 Å². The topological polar surface area (TPSA) is 18.5 Å². The SMILES string of the molecule is CCCC1CCC(C2CCC(/C=C/C3CCC4CC(COc5ccc(OCC)c(F)c5F)CCC4C3)CC2)CC1. The van der Waals surface area contributed by atoms with Crippen LogP contribution in [0.1, 0.15) is 117 Å². The number of hydrogen-bond donors (Lipinski definition) is 0. The van der Waals surface area contributed by atoms with E-state index < -0.39 is 11.6 Å². The molecule has 1 aromatic carbocycles. The van der Waals surface area contributed by atoms with Crippen LogP contribution >= 0.6 is 0 Å². The van der Waals surface area contributed by atoms with Crippen LogP contribution in [-0.4, -0.2) is 13.2 Å². The molecule has 224 valence electrons. The van der Waals surface area contributed by atoms with E-state index in [4.69, 9.17) is 9.47 Å². The number of allylic oxidation sites excluding steroid dienone is 2. The highest BCUT2D eigenvalue weighted by Gasteiger charge is 2.36. The highest BCUT2D eigenvalue weighted by atomic mass is 19.2. The number of fused-ring (bicyclic) bond motifs is 1. The van der Waals surface area contributed by atoms with E-state index in [1.807, 2.05) is 0 Å². The average Bonchev–Trinajstić information content (AvgIpc) is 2.99. The number of rotatable bonds is 10. The standard InChI is InChI=1S/C36H54F2O2/c1-3-5-25-8-14-29(15-9-25)30-16-10-26(11-17-30)6-7-27-12-18-32-23-28(13-19-31(32)22-27)24-40-34-21-20-33(39-4-2)35(37)36(34)38/h6-7,20-21,25-32H,3-5,8-19,22-24H2,1-2H3/b7-6+. The van der Waals surface area contributed by atoms with E-state index in [0.717, 1.165) is 54.3 Å². The van der Waals surface area contributed by atoms with Crippen LogP contribution in [0.15, 0.2) is 24.3 Å². The summed E-state index contributed by atoms with van der Waals surface area (Å²) >= 11 is 0. The lowest BCUT2D eigenvalue weighted by molar-refractivity contribution is 0.0851. The molecule has 0 aliphatic heterocycles. The fourth-order valence-corrected chi connectivity index (χ4v) is 8.93. The second-order valence-electron chi connectivity index (χ2n) is 13.8. The van der Waals surface area contributed by atoms with Crippen molar-refractivity contribution in [2.24, 2.45) is 47.3 Å². The van der Waals surface area contributed by atoms with Crippen LogP contribution in [0.3, 0.4) is 0 Å². The Morgan fingerprint density at radius 1 is 0.625 bits per heavy atom. The Morgan fingerprint density at radius 3 is 1.82 bits per heavy atom. The molecule has 0 amide bonds. The minimum absolute atomic E-state index is 0.00492. The molecule has 5 rings (SSSR count). The average molecular weight is 557 g/mol. The Morgan fingerprint density at radius 2 is 1.15 bits per heavy atom. The van der Waals surface area contributed by atoms with Gasteiger partial charge in [0.05, 0.1) is 13.2 Å². The van der Waals surface area contributed by atoms with Gasteiger partial charge in [-0.3, -0.25) is 0 Å². The molecule has 0 aromatic heterocycles. The minimum atomic E-state index is -0.952. The van der Waals surface area contributed by atoms with E-state index in [1.54, 1.807) is 6.92 Å². The molecule has 4 aliphatic rings. The third-order valence-electron chi connectivity index (χ3n) is 11.3. The molecular weight excluding hydrogens is 502 g/mol. The first kappa shape index (κ1) is 29.9. The maximum absolute atomic E-state index is 14.4. The Hall–Kier alpha value is -1.58. The van der Waals surface area contributed by atoms with E-state index in [0.29, 0.717) is 19.1 Å². The van der Waals surface area contributed by atoms with Crippen molar-refractivity contribution in [3.05, 3.63) is 35.9 Å². The van der Waals surface area contributed by atoms with Crippen molar-refractivity contribution in [2.45, 2.75) is 117 Å². The number of ether oxygens (including phenoxy) is 2. The lowest BCUT2D eigenvalue weighted by Gasteiger charge is -2.41. The van der Waals surface area contributed by atoms with Gasteiger partial charge in [0, 0.05) is 0 Å². The maximum atomic E-state index is 14.4. The van der Waals surface area contributed by atoms with Gasteiger partial charge >= 0.3 is 0 Å². The van der Waals surface area contributed by atoms with Gasteiger partial charge in [-0.15, -0.1) is 0 Å². The van der Waals surface area contributed by atoms with Gasteiger partial charge in [0.1, 0.15) is 0 Å². The summed E-state index contributed by atoms with van der Waals surface area (Å²) in [6.07, 6.45) is 27.3. The summed E-state index contributed by atoms with van der Waals surface area (Å²) in [6, 6.07) is 2.96. The van der Waals surface area contributed by atoms with Crippen LogP contribution in [0.5, 0.6) is 11.5 Å². The summed E-state index contributed by atoms with van der Waals surface area (Å²) in [5.41, 5.74) is 0. The Labute approximate surface area is 242 Å². The Balaban J connectivity index is 1.01. The van der Waals surface area contributed by atoms with E-state index in [2.05, 4.69) is 19.1 Å². The summed E-state index contributed by atoms with van der Waals surface area (Å²) in [6.45, 7) is 4.87. The third kappa shape index (κ3) is 7.62. The molecule has 0 heterocycles. The van der Waals surface area contributed by atoms with Crippen molar-refractivity contribution >= 4 is 0 Å². The van der Waals surface area contributed by atoms with Crippen molar-refractivity contribution in [1.29, 1.82) is 0 Å². The number of benzene rings is 1. The molecule has 1 aromatic rings. The predicted molar refractivity (Wildman–Crippen MR) is 160 cm³/mol. The van der Waals surface area contributed by atoms with Gasteiger partial charge in [0.25, 0.3) is 0 Å². The Bertz CT molecular complexity index is 944. The first-order valence-corrected chi connectivity index (χ1v) is 17.0. The Kier molecular flexibility index (Phi) is 10.9. The van der Waals surface area contributed by atoms with Gasteiger partial charge in [-0.1, -0.05) is 44.8 Å². The molecule has 0 saturated heterocycles. The molecule has 2 nitrogen and oxygen atoms in total. The van der Waals surface area contributed by atoms with Crippen LogP contribution in [0.2, 0.25) is 0 Å². The summed E-state index contributed by atoms with van der Waals surface area (Å²) < 4.78 is 39.5. The highest BCUT2D eigenvalue weighted by molar-refractivity contribution is 5.35. The molecule has 4 aliphatic carbocycles. The first-order chi connectivity index (χ1) is 19.5. The largest absolute Gasteiger partial charge is 0.491 e. The zero-order chi connectivity index (χ0) is 27.9. The molecule has 4 unspecified atom stereocenters. The van der Waals surface area contributed by atoms with Crippen molar-refractivity contribution < 1.29 is 18.3 Å². The maximum Gasteiger partial charge on any atom is 0.204 e. The zero-order valence-electron chi connectivity index (χ0n) is 25.2. The van der Waals surface area contributed by atoms with E-state index in [1.165, 1.54) is 102 Å². The molecule has 4 saturated carbocycles. The van der Waals surface area contributed by atoms with Crippen LogP contribution in [0, 0.1) is 59.0 Å². The monoisotopic (exact) mass is 556 g/mol. The van der Waals surface area contributed by atoms with Crippen LogP contribution < -0.4 is 9.47 Å². The second kappa shape index (κ2) is 14.5. The summed E-state index contributed by atoms with van der Waals surface area (Å²) in [4.78, 5) is 0.